The van der Waals surface area contributed by atoms with Crippen molar-refractivity contribution in [1.29, 1.82) is 0 Å². The standard InChI is InChI=1S/C26H20ClN3O7/c1-15-3-5-16(6-4-15)14-37-23-21(27)12-17(13-22(23)36-2)11-20-24(31)28-26(33)29(25(20)32)18-7-9-19(10-8-18)30(34)35/h3-13H,14H2,1-2H3,(H,28,31,33)/b20-11+. The fraction of sp³-hybridized carbons (Fsp3) is 0.115. The molecule has 10 nitrogen and oxygen atoms in total. The first-order valence-electron chi connectivity index (χ1n) is 10.9. The first-order chi connectivity index (χ1) is 17.7. The number of nitro benzene ring substituents is 1. The summed E-state index contributed by atoms with van der Waals surface area (Å²) in [6.45, 7) is 2.22. The number of nitrogens with one attached hydrogen (secondary N) is 1. The molecule has 1 heterocycles. The number of ether oxygens (including phenoxy) is 2. The molecule has 1 fully saturated rings. The third-order valence-corrected chi connectivity index (χ3v) is 5.77. The van der Waals surface area contributed by atoms with Gasteiger partial charge in [0.1, 0.15) is 12.2 Å². The Labute approximate surface area is 216 Å². The summed E-state index contributed by atoms with van der Waals surface area (Å²) < 4.78 is 11.3. The first-order valence-corrected chi connectivity index (χ1v) is 11.3. The molecule has 11 heteroatoms. The number of rotatable bonds is 7. The van der Waals surface area contributed by atoms with E-state index in [0.717, 1.165) is 28.2 Å². The number of nitro groups is 1. The van der Waals surface area contributed by atoms with Crippen molar-refractivity contribution in [2.45, 2.75) is 13.5 Å². The van der Waals surface area contributed by atoms with E-state index in [-0.39, 0.29) is 40.1 Å². The molecule has 4 rings (SSSR count). The van der Waals surface area contributed by atoms with Crippen LogP contribution in [0.1, 0.15) is 16.7 Å². The van der Waals surface area contributed by atoms with E-state index in [0.29, 0.717) is 5.56 Å². The fourth-order valence-electron chi connectivity index (χ4n) is 3.59. The average molecular weight is 522 g/mol. The van der Waals surface area contributed by atoms with E-state index in [2.05, 4.69) is 5.32 Å². The van der Waals surface area contributed by atoms with Crippen LogP contribution >= 0.6 is 11.6 Å². The molecular formula is C26H20ClN3O7. The van der Waals surface area contributed by atoms with Crippen LogP contribution in [0.3, 0.4) is 0 Å². The Kier molecular flexibility index (Phi) is 7.21. The Bertz CT molecular complexity index is 1430. The van der Waals surface area contributed by atoms with Crippen LogP contribution in [-0.2, 0) is 16.2 Å². The molecule has 4 amide bonds. The second-order valence-electron chi connectivity index (χ2n) is 8.04. The number of methoxy groups -OCH3 is 1. The highest BCUT2D eigenvalue weighted by Crippen LogP contribution is 2.38. The van der Waals surface area contributed by atoms with E-state index in [9.17, 15) is 24.5 Å². The van der Waals surface area contributed by atoms with Crippen LogP contribution < -0.4 is 19.7 Å². The second-order valence-corrected chi connectivity index (χ2v) is 8.45. The molecule has 0 spiro atoms. The monoisotopic (exact) mass is 521 g/mol. The van der Waals surface area contributed by atoms with Gasteiger partial charge in [-0.1, -0.05) is 41.4 Å². The zero-order valence-corrected chi connectivity index (χ0v) is 20.4. The van der Waals surface area contributed by atoms with Gasteiger partial charge in [0, 0.05) is 12.1 Å². The molecule has 0 radical (unpaired) electrons. The summed E-state index contributed by atoms with van der Waals surface area (Å²) in [6, 6.07) is 14.6. The Hall–Kier alpha value is -4.70. The smallest absolute Gasteiger partial charge is 0.335 e. The minimum Gasteiger partial charge on any atom is -0.493 e. The molecule has 3 aromatic carbocycles. The Morgan fingerprint density at radius 2 is 1.73 bits per heavy atom. The minimum absolute atomic E-state index is 0.0574. The lowest BCUT2D eigenvalue weighted by Gasteiger charge is -2.26. The molecule has 0 bridgehead atoms. The molecule has 0 atom stereocenters. The number of urea groups is 1. The minimum atomic E-state index is -0.975. The Morgan fingerprint density at radius 1 is 1.05 bits per heavy atom. The molecule has 0 saturated carbocycles. The van der Waals surface area contributed by atoms with Gasteiger partial charge in [0.25, 0.3) is 17.5 Å². The van der Waals surface area contributed by atoms with E-state index >= 15 is 0 Å². The van der Waals surface area contributed by atoms with Gasteiger partial charge in [0.15, 0.2) is 11.5 Å². The van der Waals surface area contributed by atoms with E-state index < -0.39 is 22.8 Å². The van der Waals surface area contributed by atoms with Gasteiger partial charge in [-0.3, -0.25) is 25.0 Å². The molecule has 0 aromatic heterocycles. The van der Waals surface area contributed by atoms with Crippen molar-refractivity contribution in [3.63, 3.8) is 0 Å². The molecule has 1 aliphatic heterocycles. The lowest BCUT2D eigenvalue weighted by molar-refractivity contribution is -0.384. The number of hydrogen-bond acceptors (Lipinski definition) is 7. The second kappa shape index (κ2) is 10.5. The highest BCUT2D eigenvalue weighted by molar-refractivity contribution is 6.39. The Balaban J connectivity index is 1.62. The van der Waals surface area contributed by atoms with Crippen molar-refractivity contribution in [3.05, 3.63) is 98.1 Å². The molecule has 188 valence electrons. The number of non-ortho nitro benzene ring substituents is 1. The number of halogens is 1. The van der Waals surface area contributed by atoms with Gasteiger partial charge in [-0.25, -0.2) is 9.69 Å². The lowest BCUT2D eigenvalue weighted by atomic mass is 10.1. The number of hydrogen-bond donors (Lipinski definition) is 1. The van der Waals surface area contributed by atoms with Crippen LogP contribution in [0.2, 0.25) is 5.02 Å². The van der Waals surface area contributed by atoms with Gasteiger partial charge < -0.3 is 9.47 Å². The van der Waals surface area contributed by atoms with Gasteiger partial charge in [-0.2, -0.15) is 0 Å². The Morgan fingerprint density at radius 3 is 2.35 bits per heavy atom. The molecule has 0 unspecified atom stereocenters. The van der Waals surface area contributed by atoms with Crippen LogP contribution in [0, 0.1) is 17.0 Å². The number of nitrogens with zero attached hydrogens (tertiary/aromatic N) is 2. The van der Waals surface area contributed by atoms with Crippen molar-refractivity contribution in [3.8, 4) is 11.5 Å². The van der Waals surface area contributed by atoms with Crippen LogP contribution in [0.4, 0.5) is 16.2 Å². The molecule has 37 heavy (non-hydrogen) atoms. The zero-order valence-electron chi connectivity index (χ0n) is 19.7. The predicted octanol–water partition coefficient (Wildman–Crippen LogP) is 4.81. The zero-order chi connectivity index (χ0) is 26.7. The van der Waals surface area contributed by atoms with E-state index in [4.69, 9.17) is 21.1 Å². The fourth-order valence-corrected chi connectivity index (χ4v) is 3.86. The summed E-state index contributed by atoms with van der Waals surface area (Å²) in [6.07, 6.45) is 1.26. The third kappa shape index (κ3) is 5.44. The van der Waals surface area contributed by atoms with Crippen LogP contribution in [0.25, 0.3) is 6.08 Å². The summed E-state index contributed by atoms with van der Waals surface area (Å²) in [5.41, 5.74) is 1.89. The van der Waals surface area contributed by atoms with Crippen molar-refractivity contribution in [2.24, 2.45) is 0 Å². The van der Waals surface area contributed by atoms with Crippen molar-refractivity contribution in [2.75, 3.05) is 12.0 Å². The maximum atomic E-state index is 13.1. The van der Waals surface area contributed by atoms with Crippen molar-refractivity contribution in [1.82, 2.24) is 5.32 Å². The number of carbonyl (C=O) groups excluding carboxylic acids is 3. The van der Waals surface area contributed by atoms with Gasteiger partial charge in [-0.05, 0) is 48.4 Å². The number of anilines is 1. The van der Waals surface area contributed by atoms with Gasteiger partial charge >= 0.3 is 6.03 Å². The summed E-state index contributed by atoms with van der Waals surface area (Å²) in [5.74, 6) is -1.24. The largest absolute Gasteiger partial charge is 0.493 e. The summed E-state index contributed by atoms with van der Waals surface area (Å²) in [5, 5.41) is 13.2. The van der Waals surface area contributed by atoms with E-state index in [1.165, 1.54) is 37.5 Å². The molecule has 1 N–H and O–H groups in total. The van der Waals surface area contributed by atoms with Gasteiger partial charge in [0.2, 0.25) is 0 Å². The average Bonchev–Trinajstić information content (AvgIpc) is 2.86. The summed E-state index contributed by atoms with van der Waals surface area (Å²) >= 11 is 6.44. The maximum absolute atomic E-state index is 13.1. The molecule has 0 aliphatic carbocycles. The quantitative estimate of drug-likeness (QED) is 0.204. The number of barbiturate groups is 1. The topological polar surface area (TPSA) is 128 Å². The van der Waals surface area contributed by atoms with Crippen LogP contribution in [0.5, 0.6) is 11.5 Å². The SMILES string of the molecule is COc1cc(/C=C2\C(=O)NC(=O)N(c3ccc([N+](=O)[O-])cc3)C2=O)cc(Cl)c1OCc1ccc(C)cc1. The first kappa shape index (κ1) is 25.4. The van der Waals surface area contributed by atoms with Crippen molar-refractivity contribution < 1.29 is 28.8 Å². The van der Waals surface area contributed by atoms with E-state index in [1.54, 1.807) is 0 Å². The summed E-state index contributed by atoms with van der Waals surface area (Å²) in [7, 11) is 1.43. The number of carbonyl (C=O) groups is 3. The van der Waals surface area contributed by atoms with Gasteiger partial charge in [0.05, 0.1) is 22.7 Å². The molecule has 3 aromatic rings. The normalized spacial score (nSPS) is 14.5. The number of aryl methyl sites for hydroxylation is 1. The number of amides is 4. The third-order valence-electron chi connectivity index (χ3n) is 5.49. The molecule has 1 aliphatic rings. The lowest BCUT2D eigenvalue weighted by Crippen LogP contribution is -2.54. The predicted molar refractivity (Wildman–Crippen MR) is 136 cm³/mol. The molecule has 1 saturated heterocycles. The van der Waals surface area contributed by atoms with Crippen LogP contribution in [-0.4, -0.2) is 29.9 Å². The number of benzene rings is 3. The van der Waals surface area contributed by atoms with E-state index in [1.807, 2.05) is 31.2 Å². The molecular weight excluding hydrogens is 502 g/mol. The van der Waals surface area contributed by atoms with Crippen LogP contribution in [0.15, 0.2) is 66.2 Å². The number of imide groups is 2. The highest BCUT2D eigenvalue weighted by atomic mass is 35.5. The van der Waals surface area contributed by atoms with Crippen molar-refractivity contribution >= 4 is 46.9 Å². The summed E-state index contributed by atoms with van der Waals surface area (Å²) in [4.78, 5) is 49.0. The maximum Gasteiger partial charge on any atom is 0.335 e. The van der Waals surface area contributed by atoms with Gasteiger partial charge in [-0.15, -0.1) is 0 Å². The highest BCUT2D eigenvalue weighted by Gasteiger charge is 2.37.